The monoisotopic (exact) mass is 892 g/mol. The molecule has 5 heteroatoms. The van der Waals surface area contributed by atoms with Crippen LogP contribution in [0.4, 0.5) is 0 Å². The Hall–Kier alpha value is -7.67. The predicted octanol–water partition coefficient (Wildman–Crippen LogP) is 18.5. The van der Waals surface area contributed by atoms with Gasteiger partial charge in [0.2, 0.25) is 0 Å². The van der Waals surface area contributed by atoms with E-state index in [1.54, 1.807) is 11.3 Å². The largest absolute Gasteiger partial charge is 0.309 e. The lowest BCUT2D eigenvalue weighted by Crippen LogP contribution is -1.93. The summed E-state index contributed by atoms with van der Waals surface area (Å²) in [6.07, 6.45) is 0. The molecule has 0 radical (unpaired) electrons. The minimum Gasteiger partial charge on any atom is -0.309 e. The van der Waals surface area contributed by atoms with Crippen molar-refractivity contribution in [3.63, 3.8) is 0 Å². The van der Waals surface area contributed by atoms with Gasteiger partial charge in [-0.2, -0.15) is 0 Å². The van der Waals surface area contributed by atoms with Crippen molar-refractivity contribution in [2.24, 2.45) is 0 Å². The first-order valence-electron chi connectivity index (χ1n) is 22.3. The fraction of sp³-hybridized carbons (Fsp3) is 0. The molecule has 10 aromatic carbocycles. The molecule has 4 heterocycles. The van der Waals surface area contributed by atoms with Crippen LogP contribution in [0.1, 0.15) is 0 Å². The van der Waals surface area contributed by atoms with Gasteiger partial charge in [-0.15, -0.1) is 34.0 Å². The van der Waals surface area contributed by atoms with Crippen LogP contribution in [0.2, 0.25) is 0 Å². The summed E-state index contributed by atoms with van der Waals surface area (Å²) in [6, 6.07) is 80.1. The van der Waals surface area contributed by atoms with Crippen molar-refractivity contribution in [1.82, 2.24) is 9.55 Å². The normalized spacial score (nSPS) is 11.9. The molecule has 0 aliphatic heterocycles. The zero-order chi connectivity index (χ0) is 43.3. The second-order valence-electron chi connectivity index (χ2n) is 17.0. The molecular weight excluding hydrogens is 857 g/mol. The number of rotatable bonds is 6. The van der Waals surface area contributed by atoms with Crippen LogP contribution in [0.5, 0.6) is 0 Å². The highest BCUT2D eigenvalue weighted by molar-refractivity contribution is 7.26. The molecule has 308 valence electrons. The van der Waals surface area contributed by atoms with Gasteiger partial charge >= 0.3 is 0 Å². The molecule has 0 unspecified atom stereocenters. The van der Waals surface area contributed by atoms with Crippen LogP contribution in [0, 0.1) is 0 Å². The number of fused-ring (bicyclic) bond motifs is 10. The number of thiazole rings is 1. The van der Waals surface area contributed by atoms with Gasteiger partial charge in [-0.3, -0.25) is 0 Å². The number of nitrogens with zero attached hydrogens (tertiary/aromatic N) is 2. The fourth-order valence-corrected chi connectivity index (χ4v) is 13.8. The summed E-state index contributed by atoms with van der Waals surface area (Å²) in [5, 5.41) is 8.81. The summed E-state index contributed by atoms with van der Waals surface area (Å²) in [4.78, 5) is 5.52. The molecule has 0 bridgehead atoms. The van der Waals surface area contributed by atoms with Crippen LogP contribution < -0.4 is 0 Å². The van der Waals surface area contributed by atoms with Crippen molar-refractivity contribution in [3.8, 4) is 60.8 Å². The summed E-state index contributed by atoms with van der Waals surface area (Å²) in [6.45, 7) is 0. The Morgan fingerprint density at radius 1 is 0.288 bits per heavy atom. The molecule has 0 N–H and O–H groups in total. The topological polar surface area (TPSA) is 17.8 Å². The number of thiophene rings is 2. The van der Waals surface area contributed by atoms with Crippen LogP contribution in [0.15, 0.2) is 218 Å². The Kier molecular flexibility index (Phi) is 8.53. The molecule has 4 aromatic heterocycles. The Morgan fingerprint density at radius 3 is 1.23 bits per heavy atom. The van der Waals surface area contributed by atoms with E-state index >= 15 is 0 Å². The smallest absolute Gasteiger partial charge is 0.124 e. The van der Waals surface area contributed by atoms with Gasteiger partial charge < -0.3 is 4.57 Å². The van der Waals surface area contributed by atoms with E-state index in [9.17, 15) is 0 Å². The number of aromatic nitrogens is 2. The highest BCUT2D eigenvalue weighted by atomic mass is 32.1. The Labute approximate surface area is 392 Å². The number of para-hydroxylation sites is 2. The molecule has 0 saturated heterocycles. The van der Waals surface area contributed by atoms with Gasteiger partial charge in [0.25, 0.3) is 0 Å². The quantitative estimate of drug-likeness (QED) is 0.163. The molecule has 0 aliphatic rings. The summed E-state index contributed by atoms with van der Waals surface area (Å²) in [5.41, 5.74) is 15.3. The second kappa shape index (κ2) is 14.9. The standard InChI is InChI=1S/C61H36N2S3/c1-5-19-53-47(11-1)48-12-2-6-20-54(48)63(53)42-33-31-41(32-34-42)61-62-57-43(37-23-25-38(26-24-37)44-15-9-17-51-49-13-3-7-21-55(49)64-58(44)51)35-36-46(60(57)66-61)40-29-27-39(28-30-40)45-16-10-18-52-50-14-4-8-22-56(50)65-59(45)52/h1-36H. The first-order chi connectivity index (χ1) is 32.7. The first kappa shape index (κ1) is 37.7. The van der Waals surface area contributed by atoms with Crippen LogP contribution in [0.25, 0.3) is 133 Å². The average molecular weight is 893 g/mol. The van der Waals surface area contributed by atoms with E-state index in [2.05, 4.69) is 223 Å². The maximum Gasteiger partial charge on any atom is 0.124 e. The highest BCUT2D eigenvalue weighted by Gasteiger charge is 2.19. The van der Waals surface area contributed by atoms with Crippen molar-refractivity contribution in [2.75, 3.05) is 0 Å². The predicted molar refractivity (Wildman–Crippen MR) is 287 cm³/mol. The van der Waals surface area contributed by atoms with Crippen molar-refractivity contribution < 1.29 is 0 Å². The molecule has 0 aliphatic carbocycles. The third-order valence-electron chi connectivity index (χ3n) is 13.3. The van der Waals surface area contributed by atoms with Crippen LogP contribution in [-0.2, 0) is 0 Å². The SMILES string of the molecule is c1ccc2c(c1)sc1c(-c3ccc(-c4ccc(-c5ccc(-c6cccc7c6sc6ccccc67)cc5)c5sc(-c6ccc(-n7c8ccccc8c8ccccc87)cc6)nc45)cc3)cccc12. The minimum atomic E-state index is 1.01. The lowest BCUT2D eigenvalue weighted by atomic mass is 9.95. The van der Waals surface area contributed by atoms with E-state index in [0.29, 0.717) is 0 Å². The molecule has 0 saturated carbocycles. The van der Waals surface area contributed by atoms with Gasteiger partial charge in [-0.25, -0.2) is 4.98 Å². The first-order valence-corrected chi connectivity index (χ1v) is 24.7. The van der Waals surface area contributed by atoms with Gasteiger partial charge in [0.1, 0.15) is 5.01 Å². The van der Waals surface area contributed by atoms with Crippen molar-refractivity contribution in [3.05, 3.63) is 218 Å². The third-order valence-corrected chi connectivity index (χ3v) is 16.9. The molecule has 0 fully saturated rings. The third kappa shape index (κ3) is 5.87. The molecule has 0 amide bonds. The van der Waals surface area contributed by atoms with Gasteiger partial charge in [0.05, 0.1) is 21.3 Å². The van der Waals surface area contributed by atoms with E-state index in [1.807, 2.05) is 22.7 Å². The van der Waals surface area contributed by atoms with E-state index < -0.39 is 0 Å². The highest BCUT2D eigenvalue weighted by Crippen LogP contribution is 2.45. The molecule has 14 aromatic rings. The zero-order valence-corrected chi connectivity index (χ0v) is 37.9. The van der Waals surface area contributed by atoms with Gasteiger partial charge in [-0.1, -0.05) is 170 Å². The lowest BCUT2D eigenvalue weighted by Gasteiger charge is -2.10. The Balaban J connectivity index is 0.882. The lowest BCUT2D eigenvalue weighted by molar-refractivity contribution is 1.18. The van der Waals surface area contributed by atoms with E-state index in [4.69, 9.17) is 4.98 Å². The van der Waals surface area contributed by atoms with Crippen molar-refractivity contribution in [2.45, 2.75) is 0 Å². The molecule has 0 atom stereocenters. The van der Waals surface area contributed by atoms with E-state index in [-0.39, 0.29) is 0 Å². The van der Waals surface area contributed by atoms with Crippen LogP contribution >= 0.6 is 34.0 Å². The second-order valence-corrected chi connectivity index (χ2v) is 20.1. The van der Waals surface area contributed by atoms with Gasteiger partial charge in [-0.05, 0) is 81.9 Å². The summed E-state index contributed by atoms with van der Waals surface area (Å²) < 4.78 is 8.87. The van der Waals surface area contributed by atoms with Crippen molar-refractivity contribution >= 4 is 106 Å². The molecule has 2 nitrogen and oxygen atoms in total. The van der Waals surface area contributed by atoms with E-state index in [1.165, 1.54) is 100 Å². The number of hydrogen-bond acceptors (Lipinski definition) is 4. The van der Waals surface area contributed by atoms with Crippen LogP contribution in [-0.4, -0.2) is 9.55 Å². The number of benzene rings is 10. The molecular formula is C61H36N2S3. The summed E-state index contributed by atoms with van der Waals surface area (Å²) >= 11 is 5.54. The van der Waals surface area contributed by atoms with Gasteiger partial charge in [0, 0.05) is 73.5 Å². The maximum atomic E-state index is 5.52. The molecule has 0 spiro atoms. The fourth-order valence-electron chi connectivity index (χ4n) is 10.2. The number of hydrogen-bond donors (Lipinski definition) is 0. The van der Waals surface area contributed by atoms with E-state index in [0.717, 1.165) is 32.9 Å². The maximum absolute atomic E-state index is 5.52. The van der Waals surface area contributed by atoms with Gasteiger partial charge in [0.15, 0.2) is 0 Å². The zero-order valence-electron chi connectivity index (χ0n) is 35.4. The molecule has 14 rings (SSSR count). The minimum absolute atomic E-state index is 1.01. The summed E-state index contributed by atoms with van der Waals surface area (Å²) in [5.74, 6) is 0. The summed E-state index contributed by atoms with van der Waals surface area (Å²) in [7, 11) is 0. The Bertz CT molecular complexity index is 3960. The molecule has 66 heavy (non-hydrogen) atoms. The average Bonchev–Trinajstić information content (AvgIpc) is 4.17. The Morgan fingerprint density at radius 2 is 0.697 bits per heavy atom. The van der Waals surface area contributed by atoms with Crippen molar-refractivity contribution in [1.29, 1.82) is 0 Å². The van der Waals surface area contributed by atoms with Crippen LogP contribution in [0.3, 0.4) is 0 Å².